The number of piperidine rings is 1. The fourth-order valence-corrected chi connectivity index (χ4v) is 3.32. The van der Waals surface area contributed by atoms with Gasteiger partial charge in [-0.05, 0) is 38.5 Å². The Balaban J connectivity index is 0.00000242. The lowest BCUT2D eigenvalue weighted by Crippen LogP contribution is -2.47. The van der Waals surface area contributed by atoms with Crippen LogP contribution in [0.3, 0.4) is 0 Å². The van der Waals surface area contributed by atoms with Crippen LogP contribution in [0.1, 0.15) is 51.9 Å². The Morgan fingerprint density at radius 3 is 2.45 bits per heavy atom. The second-order valence-electron chi connectivity index (χ2n) is 6.56. The molecular formula is C16H30ClN3O2. The molecule has 2 aliphatic heterocycles. The summed E-state index contributed by atoms with van der Waals surface area (Å²) in [6.07, 6.45) is 6.85. The molecule has 1 unspecified atom stereocenters. The van der Waals surface area contributed by atoms with Gasteiger partial charge in [0.2, 0.25) is 11.8 Å². The van der Waals surface area contributed by atoms with Crippen molar-refractivity contribution in [2.45, 2.75) is 57.9 Å². The third-order valence-corrected chi connectivity index (χ3v) is 4.88. The van der Waals surface area contributed by atoms with Gasteiger partial charge in [0.15, 0.2) is 0 Å². The summed E-state index contributed by atoms with van der Waals surface area (Å²) >= 11 is 0. The van der Waals surface area contributed by atoms with Crippen LogP contribution < -0.4 is 5.73 Å². The van der Waals surface area contributed by atoms with Gasteiger partial charge < -0.3 is 15.5 Å². The molecule has 6 heteroatoms. The summed E-state index contributed by atoms with van der Waals surface area (Å²) in [5, 5.41) is 0. The molecule has 0 aliphatic carbocycles. The van der Waals surface area contributed by atoms with Crippen LogP contribution in [0.5, 0.6) is 0 Å². The number of hydrogen-bond acceptors (Lipinski definition) is 3. The van der Waals surface area contributed by atoms with Gasteiger partial charge in [0.1, 0.15) is 0 Å². The third kappa shape index (κ3) is 5.43. The van der Waals surface area contributed by atoms with Gasteiger partial charge in [-0.15, -0.1) is 12.4 Å². The molecular weight excluding hydrogens is 302 g/mol. The minimum atomic E-state index is 0. The van der Waals surface area contributed by atoms with E-state index in [9.17, 15) is 9.59 Å². The fourth-order valence-electron chi connectivity index (χ4n) is 3.32. The zero-order chi connectivity index (χ0) is 15.2. The monoisotopic (exact) mass is 331 g/mol. The highest BCUT2D eigenvalue weighted by Crippen LogP contribution is 2.20. The maximum atomic E-state index is 12.4. The first-order chi connectivity index (χ1) is 10.1. The van der Waals surface area contributed by atoms with Crippen LogP contribution >= 0.6 is 12.4 Å². The molecule has 0 saturated carbocycles. The minimum Gasteiger partial charge on any atom is -0.341 e. The Morgan fingerprint density at radius 1 is 1.18 bits per heavy atom. The molecule has 0 aromatic heterocycles. The topological polar surface area (TPSA) is 66.6 Å². The van der Waals surface area contributed by atoms with Crippen LogP contribution in [0.15, 0.2) is 0 Å². The second kappa shape index (κ2) is 9.36. The molecule has 22 heavy (non-hydrogen) atoms. The lowest BCUT2D eigenvalue weighted by Gasteiger charge is -2.35. The maximum Gasteiger partial charge on any atom is 0.242 e. The van der Waals surface area contributed by atoms with E-state index in [0.29, 0.717) is 12.3 Å². The standard InChI is InChI=1S/C16H29N3O2.ClH/c1-13(17)14-7-10-18(11-8-14)16(21)12-19-9-5-3-2-4-6-15(19)20;/h13-14H,2-12,17H2,1H3;1H. The number of hydrogen-bond donors (Lipinski definition) is 1. The van der Waals surface area contributed by atoms with Gasteiger partial charge in [-0.2, -0.15) is 0 Å². The molecule has 0 spiro atoms. The van der Waals surface area contributed by atoms with Crippen molar-refractivity contribution in [3.05, 3.63) is 0 Å². The first kappa shape index (κ1) is 19.2. The Labute approximate surface area is 140 Å². The predicted octanol–water partition coefficient (Wildman–Crippen LogP) is 1.79. The quantitative estimate of drug-likeness (QED) is 0.857. The number of carbonyl (C=O) groups excluding carboxylic acids is 2. The summed E-state index contributed by atoms with van der Waals surface area (Å²) in [6.45, 7) is 4.61. The lowest BCUT2D eigenvalue weighted by molar-refractivity contribution is -0.141. The molecule has 2 amide bonds. The Kier molecular flexibility index (Phi) is 8.18. The maximum absolute atomic E-state index is 12.4. The summed E-state index contributed by atoms with van der Waals surface area (Å²) in [7, 11) is 0. The van der Waals surface area contributed by atoms with Crippen molar-refractivity contribution in [2.24, 2.45) is 11.7 Å². The van der Waals surface area contributed by atoms with E-state index in [2.05, 4.69) is 0 Å². The number of amides is 2. The van der Waals surface area contributed by atoms with Crippen LogP contribution in [-0.2, 0) is 9.59 Å². The Hall–Kier alpha value is -0.810. The van der Waals surface area contributed by atoms with Gasteiger partial charge in [0.25, 0.3) is 0 Å². The molecule has 2 N–H and O–H groups in total. The molecule has 0 radical (unpaired) electrons. The fraction of sp³-hybridized carbons (Fsp3) is 0.875. The van der Waals surface area contributed by atoms with Gasteiger partial charge in [0, 0.05) is 32.1 Å². The lowest BCUT2D eigenvalue weighted by atomic mass is 9.91. The van der Waals surface area contributed by atoms with E-state index in [4.69, 9.17) is 5.73 Å². The smallest absolute Gasteiger partial charge is 0.242 e. The molecule has 2 heterocycles. The van der Waals surface area contributed by atoms with E-state index in [1.165, 1.54) is 0 Å². The number of nitrogens with two attached hydrogens (primary N) is 1. The molecule has 1 atom stereocenters. The van der Waals surface area contributed by atoms with E-state index in [1.807, 2.05) is 11.8 Å². The van der Waals surface area contributed by atoms with Crippen LogP contribution in [-0.4, -0.2) is 53.8 Å². The number of halogens is 1. The third-order valence-electron chi connectivity index (χ3n) is 4.88. The van der Waals surface area contributed by atoms with E-state index in [0.717, 1.165) is 58.2 Å². The van der Waals surface area contributed by atoms with Crippen LogP contribution in [0, 0.1) is 5.92 Å². The van der Waals surface area contributed by atoms with E-state index < -0.39 is 0 Å². The zero-order valence-corrected chi connectivity index (χ0v) is 14.4. The second-order valence-corrected chi connectivity index (χ2v) is 6.56. The summed E-state index contributed by atoms with van der Waals surface area (Å²) in [4.78, 5) is 28.1. The van der Waals surface area contributed by atoms with E-state index in [-0.39, 0.29) is 36.8 Å². The Bertz CT molecular complexity index is 368. The summed E-state index contributed by atoms with van der Waals surface area (Å²) in [6, 6.07) is 0.207. The number of carbonyl (C=O) groups is 2. The molecule has 2 aliphatic rings. The van der Waals surface area contributed by atoms with Crippen molar-refractivity contribution >= 4 is 24.2 Å². The normalized spacial score (nSPS) is 22.5. The molecule has 2 saturated heterocycles. The molecule has 0 aromatic rings. The number of rotatable bonds is 3. The van der Waals surface area contributed by atoms with Gasteiger partial charge in [-0.1, -0.05) is 12.8 Å². The van der Waals surface area contributed by atoms with Crippen LogP contribution in [0.25, 0.3) is 0 Å². The van der Waals surface area contributed by atoms with Gasteiger partial charge in [-0.25, -0.2) is 0 Å². The Morgan fingerprint density at radius 2 is 1.82 bits per heavy atom. The first-order valence-electron chi connectivity index (χ1n) is 8.39. The van der Waals surface area contributed by atoms with E-state index >= 15 is 0 Å². The molecule has 0 bridgehead atoms. The zero-order valence-electron chi connectivity index (χ0n) is 13.6. The van der Waals surface area contributed by atoms with Crippen LogP contribution in [0.4, 0.5) is 0 Å². The SMILES string of the molecule is CC(N)C1CCN(C(=O)CN2CCCCCCC2=O)CC1.Cl. The van der Waals surface area contributed by atoms with Gasteiger partial charge >= 0.3 is 0 Å². The molecule has 0 aromatic carbocycles. The van der Waals surface area contributed by atoms with E-state index in [1.54, 1.807) is 4.90 Å². The van der Waals surface area contributed by atoms with Crippen molar-refractivity contribution < 1.29 is 9.59 Å². The highest BCUT2D eigenvalue weighted by Gasteiger charge is 2.27. The highest BCUT2D eigenvalue weighted by molar-refractivity contribution is 5.85. The summed E-state index contributed by atoms with van der Waals surface area (Å²) < 4.78 is 0. The predicted molar refractivity (Wildman–Crippen MR) is 89.9 cm³/mol. The number of likely N-dealkylation sites (tertiary alicyclic amines) is 2. The highest BCUT2D eigenvalue weighted by atomic mass is 35.5. The van der Waals surface area contributed by atoms with Crippen molar-refractivity contribution in [3.63, 3.8) is 0 Å². The van der Waals surface area contributed by atoms with Gasteiger partial charge in [0.05, 0.1) is 6.54 Å². The number of nitrogens with zero attached hydrogens (tertiary/aromatic N) is 2. The molecule has 5 nitrogen and oxygen atoms in total. The summed E-state index contributed by atoms with van der Waals surface area (Å²) in [5.41, 5.74) is 5.93. The van der Waals surface area contributed by atoms with Crippen molar-refractivity contribution in [2.75, 3.05) is 26.2 Å². The average Bonchev–Trinajstić information content (AvgIpc) is 2.47. The van der Waals surface area contributed by atoms with Crippen LogP contribution in [0.2, 0.25) is 0 Å². The molecule has 2 rings (SSSR count). The average molecular weight is 332 g/mol. The van der Waals surface area contributed by atoms with Crippen molar-refractivity contribution in [1.82, 2.24) is 9.80 Å². The van der Waals surface area contributed by atoms with Crippen molar-refractivity contribution in [3.8, 4) is 0 Å². The summed E-state index contributed by atoms with van der Waals surface area (Å²) in [5.74, 6) is 0.776. The first-order valence-corrected chi connectivity index (χ1v) is 8.39. The molecule has 2 fully saturated rings. The molecule has 128 valence electrons. The minimum absolute atomic E-state index is 0. The largest absolute Gasteiger partial charge is 0.341 e. The van der Waals surface area contributed by atoms with Crippen molar-refractivity contribution in [1.29, 1.82) is 0 Å². The van der Waals surface area contributed by atoms with Gasteiger partial charge in [-0.3, -0.25) is 9.59 Å².